The van der Waals surface area contributed by atoms with Crippen molar-refractivity contribution in [2.75, 3.05) is 32.8 Å². The van der Waals surface area contributed by atoms with Crippen LogP contribution in [-0.2, 0) is 16.1 Å². The van der Waals surface area contributed by atoms with Crippen LogP contribution in [0, 0.1) is 0 Å². The predicted octanol–water partition coefficient (Wildman–Crippen LogP) is 3.29. The van der Waals surface area contributed by atoms with Crippen molar-refractivity contribution < 1.29 is 14.6 Å². The van der Waals surface area contributed by atoms with Gasteiger partial charge in [0.2, 0.25) is 0 Å². The maximum absolute atomic E-state index is 10.1. The number of aliphatic hydroxyl groups excluding tert-OH is 1. The fourth-order valence-electron chi connectivity index (χ4n) is 2.84. The lowest BCUT2D eigenvalue weighted by atomic mass is 10.1. The van der Waals surface area contributed by atoms with E-state index in [4.69, 9.17) is 9.47 Å². The van der Waals surface area contributed by atoms with Crippen LogP contribution in [0.1, 0.15) is 37.5 Å². The first-order valence-electron chi connectivity index (χ1n) is 10.7. The maximum Gasteiger partial charge on any atom is 0.191 e. The van der Waals surface area contributed by atoms with Crippen molar-refractivity contribution in [2.24, 2.45) is 4.99 Å². The molecule has 0 amide bonds. The highest BCUT2D eigenvalue weighted by Crippen LogP contribution is 2.15. The van der Waals surface area contributed by atoms with Crippen molar-refractivity contribution in [3.05, 3.63) is 71.8 Å². The van der Waals surface area contributed by atoms with Crippen molar-refractivity contribution in [1.82, 2.24) is 10.6 Å². The van der Waals surface area contributed by atoms with Crippen molar-refractivity contribution in [2.45, 2.75) is 39.1 Å². The Bertz CT molecular complexity index is 710. The standard InChI is InChI=1S/C24H35N3O3/c1-3-25-24(26-15-10-16-30-20(2)22-13-8-5-9-14-22)27-17-23(28)19-29-18-21-11-6-4-7-12-21/h4-9,11-14,20,23,28H,3,10,15-19H2,1-2H3,(H2,25,26,27). The van der Waals surface area contributed by atoms with Crippen LogP contribution in [0.4, 0.5) is 0 Å². The molecule has 0 saturated heterocycles. The lowest BCUT2D eigenvalue weighted by Crippen LogP contribution is -2.39. The highest BCUT2D eigenvalue weighted by atomic mass is 16.5. The normalized spacial score (nSPS) is 13.6. The van der Waals surface area contributed by atoms with Gasteiger partial charge in [0, 0.05) is 19.7 Å². The van der Waals surface area contributed by atoms with Crippen LogP contribution >= 0.6 is 0 Å². The van der Waals surface area contributed by atoms with Gasteiger partial charge < -0.3 is 25.2 Å². The molecule has 2 aromatic carbocycles. The zero-order valence-electron chi connectivity index (χ0n) is 18.1. The van der Waals surface area contributed by atoms with Crippen LogP contribution in [0.5, 0.6) is 0 Å². The van der Waals surface area contributed by atoms with Gasteiger partial charge in [-0.25, -0.2) is 0 Å². The number of aliphatic imine (C=N–C) groups is 1. The summed E-state index contributed by atoms with van der Waals surface area (Å²) in [5, 5.41) is 16.6. The summed E-state index contributed by atoms with van der Waals surface area (Å²) in [6.45, 7) is 7.27. The smallest absolute Gasteiger partial charge is 0.191 e. The fourth-order valence-corrected chi connectivity index (χ4v) is 2.84. The molecule has 0 radical (unpaired) electrons. The van der Waals surface area contributed by atoms with Gasteiger partial charge in [0.05, 0.1) is 32.0 Å². The molecule has 2 unspecified atom stereocenters. The summed E-state index contributed by atoms with van der Waals surface area (Å²) >= 11 is 0. The number of guanidine groups is 1. The van der Waals surface area contributed by atoms with E-state index < -0.39 is 6.10 Å². The van der Waals surface area contributed by atoms with E-state index in [0.29, 0.717) is 19.2 Å². The van der Waals surface area contributed by atoms with Crippen molar-refractivity contribution in [3.63, 3.8) is 0 Å². The van der Waals surface area contributed by atoms with Crippen molar-refractivity contribution in [1.29, 1.82) is 0 Å². The molecule has 0 aliphatic carbocycles. The van der Waals surface area contributed by atoms with Gasteiger partial charge in [-0.3, -0.25) is 4.99 Å². The number of ether oxygens (including phenoxy) is 2. The maximum atomic E-state index is 10.1. The molecule has 3 N–H and O–H groups in total. The average molecular weight is 414 g/mol. The van der Waals surface area contributed by atoms with E-state index in [1.165, 1.54) is 5.56 Å². The van der Waals surface area contributed by atoms with Gasteiger partial charge in [-0.1, -0.05) is 60.7 Å². The lowest BCUT2D eigenvalue weighted by Gasteiger charge is -2.15. The van der Waals surface area contributed by atoms with Gasteiger partial charge in [0.1, 0.15) is 0 Å². The summed E-state index contributed by atoms with van der Waals surface area (Å²) in [6, 6.07) is 20.1. The molecule has 0 bridgehead atoms. The van der Waals surface area contributed by atoms with Crippen LogP contribution in [0.2, 0.25) is 0 Å². The van der Waals surface area contributed by atoms with Crippen LogP contribution in [0.15, 0.2) is 65.7 Å². The van der Waals surface area contributed by atoms with E-state index in [1.807, 2.05) is 55.5 Å². The average Bonchev–Trinajstić information content (AvgIpc) is 2.78. The van der Waals surface area contributed by atoms with Gasteiger partial charge in [-0.15, -0.1) is 0 Å². The second-order valence-corrected chi connectivity index (χ2v) is 7.08. The van der Waals surface area contributed by atoms with Gasteiger partial charge in [0.15, 0.2) is 5.96 Å². The molecule has 2 aromatic rings. The molecule has 30 heavy (non-hydrogen) atoms. The van der Waals surface area contributed by atoms with Gasteiger partial charge in [-0.05, 0) is 31.4 Å². The van der Waals surface area contributed by atoms with E-state index in [9.17, 15) is 5.11 Å². The quantitative estimate of drug-likeness (QED) is 0.267. The Morgan fingerprint density at radius 1 is 1.03 bits per heavy atom. The molecule has 0 saturated carbocycles. The van der Waals surface area contributed by atoms with Gasteiger partial charge in [-0.2, -0.15) is 0 Å². The van der Waals surface area contributed by atoms with Crippen LogP contribution in [0.3, 0.4) is 0 Å². The highest BCUT2D eigenvalue weighted by molar-refractivity contribution is 5.79. The minimum Gasteiger partial charge on any atom is -0.389 e. The molecule has 164 valence electrons. The Hall–Kier alpha value is -2.41. The highest BCUT2D eigenvalue weighted by Gasteiger charge is 2.06. The minimum absolute atomic E-state index is 0.0825. The van der Waals surface area contributed by atoms with E-state index in [0.717, 1.165) is 25.1 Å². The topological polar surface area (TPSA) is 75.1 Å². The number of rotatable bonds is 13. The molecule has 2 rings (SSSR count). The summed E-state index contributed by atoms with van der Waals surface area (Å²) in [6.07, 6.45) is 0.308. The van der Waals surface area contributed by atoms with E-state index in [2.05, 4.69) is 34.7 Å². The zero-order valence-corrected chi connectivity index (χ0v) is 18.1. The first kappa shape index (κ1) is 23.9. The second kappa shape index (κ2) is 14.6. The third-order valence-electron chi connectivity index (χ3n) is 4.48. The predicted molar refractivity (Wildman–Crippen MR) is 122 cm³/mol. The number of nitrogens with one attached hydrogen (secondary N) is 2. The number of aliphatic hydroxyl groups is 1. The monoisotopic (exact) mass is 413 g/mol. The molecule has 6 heteroatoms. The first-order chi connectivity index (χ1) is 14.7. The summed E-state index contributed by atoms with van der Waals surface area (Å²) in [5.41, 5.74) is 2.27. The number of hydrogen-bond acceptors (Lipinski definition) is 4. The molecule has 0 aliphatic heterocycles. The van der Waals surface area contributed by atoms with Gasteiger partial charge >= 0.3 is 0 Å². The fraction of sp³-hybridized carbons (Fsp3) is 0.458. The van der Waals surface area contributed by atoms with E-state index in [-0.39, 0.29) is 19.3 Å². The molecule has 0 aliphatic rings. The summed E-state index contributed by atoms with van der Waals surface area (Å²) in [4.78, 5) is 4.44. The van der Waals surface area contributed by atoms with Crippen LogP contribution < -0.4 is 10.6 Å². The largest absolute Gasteiger partial charge is 0.389 e. The Morgan fingerprint density at radius 2 is 1.73 bits per heavy atom. The first-order valence-corrected chi connectivity index (χ1v) is 10.7. The summed E-state index contributed by atoms with van der Waals surface area (Å²) < 4.78 is 11.5. The molecule has 0 heterocycles. The lowest BCUT2D eigenvalue weighted by molar-refractivity contribution is 0.0331. The minimum atomic E-state index is -0.640. The summed E-state index contributed by atoms with van der Waals surface area (Å²) in [5.74, 6) is 0.690. The van der Waals surface area contributed by atoms with Crippen LogP contribution in [0.25, 0.3) is 0 Å². The zero-order chi connectivity index (χ0) is 21.4. The van der Waals surface area contributed by atoms with Gasteiger partial charge in [0.25, 0.3) is 0 Å². The van der Waals surface area contributed by atoms with E-state index in [1.54, 1.807) is 0 Å². The number of nitrogens with zero attached hydrogens (tertiary/aromatic N) is 1. The SMILES string of the molecule is CCNC(=NCC(O)COCc1ccccc1)NCCCOC(C)c1ccccc1. The number of benzene rings is 2. The summed E-state index contributed by atoms with van der Waals surface area (Å²) in [7, 11) is 0. The van der Waals surface area contributed by atoms with E-state index >= 15 is 0 Å². The third kappa shape index (κ3) is 9.87. The molecule has 0 fully saturated rings. The Morgan fingerprint density at radius 3 is 2.43 bits per heavy atom. The van der Waals surface area contributed by atoms with Crippen LogP contribution in [-0.4, -0.2) is 50.0 Å². The Labute approximate surface area is 180 Å². The second-order valence-electron chi connectivity index (χ2n) is 7.08. The molecular weight excluding hydrogens is 378 g/mol. The third-order valence-corrected chi connectivity index (χ3v) is 4.48. The molecule has 0 spiro atoms. The number of hydrogen-bond donors (Lipinski definition) is 3. The molecular formula is C24H35N3O3. The van der Waals surface area contributed by atoms with Crippen molar-refractivity contribution in [3.8, 4) is 0 Å². The molecule has 2 atom stereocenters. The Balaban J connectivity index is 1.62. The Kier molecular flexibility index (Phi) is 11.6. The van der Waals surface area contributed by atoms with Crippen molar-refractivity contribution >= 4 is 5.96 Å². The molecule has 0 aromatic heterocycles. The molecule has 6 nitrogen and oxygen atoms in total.